The third kappa shape index (κ3) is 1.45. The van der Waals surface area contributed by atoms with Crippen LogP contribution in [0.5, 0.6) is 0 Å². The lowest BCUT2D eigenvalue weighted by molar-refractivity contribution is 0.234. The minimum absolute atomic E-state index is 0.0440. The molecule has 1 nitrogen and oxygen atoms in total. The van der Waals surface area contributed by atoms with Crippen LogP contribution in [0.3, 0.4) is 0 Å². The van der Waals surface area contributed by atoms with Gasteiger partial charge < -0.3 is 0 Å². The minimum atomic E-state index is -1.10. The van der Waals surface area contributed by atoms with Crippen molar-refractivity contribution in [1.82, 2.24) is 0 Å². The summed E-state index contributed by atoms with van der Waals surface area (Å²) < 4.78 is 36.3. The summed E-state index contributed by atoms with van der Waals surface area (Å²) in [5, 5.41) is -1.10. The summed E-state index contributed by atoms with van der Waals surface area (Å²) in [4.78, 5) is 0. The minimum Gasteiger partial charge on any atom is -0.207 e. The molecule has 4 heteroatoms. The van der Waals surface area contributed by atoms with Gasteiger partial charge in [0.2, 0.25) is 0 Å². The average Bonchev–Trinajstić information content (AvgIpc) is 1.94. The Morgan fingerprint density at radius 2 is 1.91 bits per heavy atom. The molecule has 0 aromatic heterocycles. The maximum atomic E-state index is 12.6. The molecule has 1 aromatic carbocycles. The summed E-state index contributed by atoms with van der Waals surface area (Å²) in [7, 11) is 0. The van der Waals surface area contributed by atoms with E-state index in [4.69, 9.17) is 0 Å². The van der Waals surface area contributed by atoms with Gasteiger partial charge in [-0.05, 0) is 24.4 Å². The Hall–Kier alpha value is -1.19. The van der Waals surface area contributed by atoms with E-state index < -0.39 is 16.8 Å². The Kier molecular flexibility index (Phi) is 2.03. The van der Waals surface area contributed by atoms with E-state index in [1.807, 2.05) is 0 Å². The quantitative estimate of drug-likeness (QED) is 0.572. The molecule has 0 N–H and O–H groups in total. The van der Waals surface area contributed by atoms with Gasteiger partial charge >= 0.3 is 0 Å². The number of halogens is 3. The van der Waals surface area contributed by atoms with Crippen molar-refractivity contribution < 1.29 is 13.4 Å². The van der Waals surface area contributed by atoms with E-state index in [-0.39, 0.29) is 5.56 Å². The smallest absolute Gasteiger partial charge is 0.128 e. The van der Waals surface area contributed by atoms with Gasteiger partial charge in [0.25, 0.3) is 0 Å². The molecule has 1 rings (SSSR count). The Bertz CT molecular complexity index is 260. The topological polar surface area (TPSA) is 3.24 Å². The van der Waals surface area contributed by atoms with Crippen molar-refractivity contribution in [2.45, 2.75) is 6.92 Å². The van der Waals surface area contributed by atoms with Gasteiger partial charge in [0.05, 0.1) is 0 Å². The summed E-state index contributed by atoms with van der Waals surface area (Å²) in [6.07, 6.45) is 0. The predicted octanol–water partition coefficient (Wildman–Crippen LogP) is 2.71. The molecule has 0 bridgehead atoms. The maximum absolute atomic E-state index is 12.6. The van der Waals surface area contributed by atoms with E-state index in [2.05, 4.69) is 0 Å². The Morgan fingerprint density at radius 3 is 2.36 bits per heavy atom. The molecule has 0 aliphatic heterocycles. The van der Waals surface area contributed by atoms with Crippen molar-refractivity contribution >= 4 is 5.69 Å². The first-order valence-electron chi connectivity index (χ1n) is 2.99. The zero-order chi connectivity index (χ0) is 8.43. The highest BCUT2D eigenvalue weighted by Crippen LogP contribution is 2.22. The lowest BCUT2D eigenvalue weighted by Gasteiger charge is -2.05. The highest BCUT2D eigenvalue weighted by Gasteiger charge is 2.09. The van der Waals surface area contributed by atoms with Crippen LogP contribution in [0.4, 0.5) is 19.0 Å². The second-order valence-electron chi connectivity index (χ2n) is 2.12. The molecule has 0 aliphatic rings. The molecule has 0 amide bonds. The molecule has 0 radical (unpaired) electrons. The molecule has 0 aliphatic carbocycles. The summed E-state index contributed by atoms with van der Waals surface area (Å²) in [6.45, 7) is 1.30. The lowest BCUT2D eigenvalue weighted by Crippen LogP contribution is -1.99. The van der Waals surface area contributed by atoms with Gasteiger partial charge in [-0.3, -0.25) is 0 Å². The first-order valence-corrected chi connectivity index (χ1v) is 2.99. The number of nitrogens with zero attached hydrogens (tertiary/aromatic N) is 1. The molecule has 0 spiro atoms. The summed E-state index contributed by atoms with van der Waals surface area (Å²) >= 11 is 0. The lowest BCUT2D eigenvalue weighted by atomic mass is 10.2. The van der Waals surface area contributed by atoms with Crippen LogP contribution in [-0.4, -0.2) is 0 Å². The third-order valence-electron chi connectivity index (χ3n) is 1.42. The van der Waals surface area contributed by atoms with Gasteiger partial charge in [0, 0.05) is 5.56 Å². The summed E-state index contributed by atoms with van der Waals surface area (Å²) in [5.74, 6) is -0.622. The zero-order valence-corrected chi connectivity index (χ0v) is 5.81. The van der Waals surface area contributed by atoms with Gasteiger partial charge in [-0.2, -0.15) is 0 Å². The molecule has 60 valence electrons. The fourth-order valence-corrected chi connectivity index (χ4v) is 0.779. The van der Waals surface area contributed by atoms with Crippen molar-refractivity contribution in [2.24, 2.45) is 0 Å². The van der Waals surface area contributed by atoms with Gasteiger partial charge in [0.1, 0.15) is 11.5 Å². The average molecular weight is 161 g/mol. The standard InChI is InChI=1S/C7H6F3N/c1-5-6(8)3-2-4-7(5)11(9)10/h2-4H,1H3. The van der Waals surface area contributed by atoms with Crippen molar-refractivity contribution in [3.8, 4) is 0 Å². The fourth-order valence-electron chi connectivity index (χ4n) is 0.779. The zero-order valence-electron chi connectivity index (χ0n) is 5.81. The first-order chi connectivity index (χ1) is 5.13. The first kappa shape index (κ1) is 7.91. The Labute approximate surface area is 61.9 Å². The second-order valence-corrected chi connectivity index (χ2v) is 2.12. The largest absolute Gasteiger partial charge is 0.207 e. The Balaban J connectivity index is 3.17. The van der Waals surface area contributed by atoms with E-state index >= 15 is 0 Å². The number of hydrogen-bond acceptors (Lipinski definition) is 1. The number of anilines is 1. The van der Waals surface area contributed by atoms with Crippen molar-refractivity contribution in [3.63, 3.8) is 0 Å². The molecular weight excluding hydrogens is 155 g/mol. The number of benzene rings is 1. The SMILES string of the molecule is Cc1c(F)cccc1N(F)F. The van der Waals surface area contributed by atoms with E-state index in [0.717, 1.165) is 12.1 Å². The van der Waals surface area contributed by atoms with Crippen LogP contribution in [0.15, 0.2) is 18.2 Å². The van der Waals surface area contributed by atoms with Gasteiger partial charge in [-0.15, -0.1) is 0 Å². The van der Waals surface area contributed by atoms with E-state index in [1.54, 1.807) is 0 Å². The number of rotatable bonds is 1. The van der Waals surface area contributed by atoms with Crippen LogP contribution < -0.4 is 5.34 Å². The normalized spacial score (nSPS) is 9.82. The van der Waals surface area contributed by atoms with Gasteiger partial charge in [0.15, 0.2) is 0 Å². The number of hydrogen-bond donors (Lipinski definition) is 0. The van der Waals surface area contributed by atoms with Gasteiger partial charge in [-0.25, -0.2) is 4.39 Å². The van der Waals surface area contributed by atoms with Crippen LogP contribution >= 0.6 is 0 Å². The van der Waals surface area contributed by atoms with Gasteiger partial charge in [-0.1, -0.05) is 15.0 Å². The van der Waals surface area contributed by atoms with E-state index in [9.17, 15) is 13.4 Å². The van der Waals surface area contributed by atoms with Crippen molar-refractivity contribution in [1.29, 1.82) is 0 Å². The van der Waals surface area contributed by atoms with E-state index in [1.165, 1.54) is 13.0 Å². The van der Waals surface area contributed by atoms with Crippen molar-refractivity contribution in [2.75, 3.05) is 5.34 Å². The molecule has 11 heavy (non-hydrogen) atoms. The highest BCUT2D eigenvalue weighted by molar-refractivity contribution is 5.49. The van der Waals surface area contributed by atoms with Crippen LogP contribution in [0, 0.1) is 12.7 Å². The third-order valence-corrected chi connectivity index (χ3v) is 1.42. The molecule has 0 fully saturated rings. The van der Waals surface area contributed by atoms with Crippen LogP contribution in [0.25, 0.3) is 0 Å². The molecule has 0 unspecified atom stereocenters. The molecule has 0 saturated heterocycles. The van der Waals surface area contributed by atoms with Crippen LogP contribution in [0.1, 0.15) is 5.56 Å². The fraction of sp³-hybridized carbons (Fsp3) is 0.143. The summed E-state index contributed by atoms with van der Waals surface area (Å²) in [6, 6.07) is 3.53. The molecule has 0 saturated carbocycles. The summed E-state index contributed by atoms with van der Waals surface area (Å²) in [5.41, 5.74) is -0.442. The maximum Gasteiger partial charge on any atom is 0.128 e. The monoisotopic (exact) mass is 161 g/mol. The van der Waals surface area contributed by atoms with E-state index in [0.29, 0.717) is 0 Å². The van der Waals surface area contributed by atoms with Crippen LogP contribution in [-0.2, 0) is 0 Å². The molecular formula is C7H6F3N. The van der Waals surface area contributed by atoms with Crippen molar-refractivity contribution in [3.05, 3.63) is 29.6 Å². The predicted molar refractivity (Wildman–Crippen MR) is 35.8 cm³/mol. The molecule has 0 heterocycles. The molecule has 0 atom stereocenters. The second kappa shape index (κ2) is 2.82. The molecule has 1 aromatic rings. The Morgan fingerprint density at radius 1 is 1.27 bits per heavy atom. The highest BCUT2D eigenvalue weighted by atomic mass is 19.4. The van der Waals surface area contributed by atoms with Crippen LogP contribution in [0.2, 0.25) is 0 Å².